The lowest BCUT2D eigenvalue weighted by Gasteiger charge is -2.08. The van der Waals surface area contributed by atoms with Crippen molar-refractivity contribution in [1.82, 2.24) is 0 Å². The Morgan fingerprint density at radius 1 is 1.46 bits per heavy atom. The van der Waals surface area contributed by atoms with Crippen LogP contribution in [0.2, 0.25) is 0 Å². The van der Waals surface area contributed by atoms with Gasteiger partial charge in [-0.05, 0) is 29.0 Å². The molecule has 0 aliphatic rings. The van der Waals surface area contributed by atoms with Crippen molar-refractivity contribution in [2.45, 2.75) is 24.7 Å². The van der Waals surface area contributed by atoms with Crippen LogP contribution in [0.5, 0.6) is 0 Å². The van der Waals surface area contributed by atoms with E-state index in [-0.39, 0.29) is 0 Å². The second-order valence-electron chi connectivity index (χ2n) is 3.24. The van der Waals surface area contributed by atoms with Crippen LogP contribution in [0.15, 0.2) is 35.1 Å². The van der Waals surface area contributed by atoms with Crippen molar-refractivity contribution in [1.29, 1.82) is 0 Å². The molecule has 0 atom stereocenters. The molecule has 0 fully saturated rings. The maximum Gasteiger partial charge on any atom is 0.0458 e. The molecule has 1 aromatic carbocycles. The predicted molar refractivity (Wildman–Crippen MR) is 61.0 cm³/mol. The fraction of sp³-hybridized carbons (Fsp3) is 0.273. The van der Waals surface area contributed by atoms with Gasteiger partial charge in [-0.15, -0.1) is 0 Å². The van der Waals surface area contributed by atoms with E-state index >= 15 is 0 Å². The molecule has 0 unspecified atom stereocenters. The molecular weight excluding hydrogens is 178 g/mol. The molecule has 0 saturated carbocycles. The van der Waals surface area contributed by atoms with Crippen LogP contribution < -0.4 is 5.73 Å². The Labute approximate surface area is 84.0 Å². The van der Waals surface area contributed by atoms with E-state index in [0.29, 0.717) is 5.92 Å². The fourth-order valence-corrected chi connectivity index (χ4v) is 1.64. The molecule has 0 saturated heterocycles. The standard InChI is InChI=1S/C11H15NS/c1-4-13-11-6-5-9(8(2)3)7-10(11)12/h4-8H,1,12H2,2-3H3. The molecule has 1 rings (SSSR count). The van der Waals surface area contributed by atoms with Crippen molar-refractivity contribution >= 4 is 17.4 Å². The molecule has 1 aromatic rings. The van der Waals surface area contributed by atoms with Crippen molar-refractivity contribution in [2.75, 3.05) is 5.73 Å². The molecular formula is C11H15NS. The lowest BCUT2D eigenvalue weighted by atomic mass is 10.0. The topological polar surface area (TPSA) is 26.0 Å². The molecule has 2 N–H and O–H groups in total. The maximum atomic E-state index is 5.88. The zero-order valence-electron chi connectivity index (χ0n) is 8.08. The highest BCUT2D eigenvalue weighted by molar-refractivity contribution is 8.02. The van der Waals surface area contributed by atoms with Crippen LogP contribution in [0.3, 0.4) is 0 Å². The van der Waals surface area contributed by atoms with Crippen molar-refractivity contribution < 1.29 is 0 Å². The van der Waals surface area contributed by atoms with E-state index in [1.807, 2.05) is 6.07 Å². The highest BCUT2D eigenvalue weighted by Gasteiger charge is 2.02. The number of nitrogen functional groups attached to an aromatic ring is 1. The number of benzene rings is 1. The normalized spacial score (nSPS) is 10.4. The van der Waals surface area contributed by atoms with Crippen LogP contribution in [-0.4, -0.2) is 0 Å². The van der Waals surface area contributed by atoms with Crippen LogP contribution in [0, 0.1) is 0 Å². The molecule has 70 valence electrons. The van der Waals surface area contributed by atoms with Gasteiger partial charge in [0.05, 0.1) is 0 Å². The minimum Gasteiger partial charge on any atom is -0.398 e. The molecule has 1 nitrogen and oxygen atoms in total. The Kier molecular flexibility index (Phi) is 3.43. The van der Waals surface area contributed by atoms with Crippen molar-refractivity contribution in [3.05, 3.63) is 35.7 Å². The summed E-state index contributed by atoms with van der Waals surface area (Å²) in [5, 5.41) is 1.79. The van der Waals surface area contributed by atoms with E-state index in [1.54, 1.807) is 17.2 Å². The van der Waals surface area contributed by atoms with Crippen LogP contribution >= 0.6 is 11.8 Å². The molecule has 0 spiro atoms. The van der Waals surface area contributed by atoms with Crippen LogP contribution in [-0.2, 0) is 0 Å². The van der Waals surface area contributed by atoms with E-state index in [2.05, 4.69) is 32.6 Å². The second-order valence-corrected chi connectivity index (χ2v) is 4.25. The zero-order valence-corrected chi connectivity index (χ0v) is 8.90. The number of nitrogens with two attached hydrogens (primary N) is 1. The Balaban J connectivity index is 2.98. The van der Waals surface area contributed by atoms with Crippen molar-refractivity contribution in [2.24, 2.45) is 0 Å². The van der Waals surface area contributed by atoms with Gasteiger partial charge in [0.25, 0.3) is 0 Å². The van der Waals surface area contributed by atoms with Gasteiger partial charge in [0.15, 0.2) is 0 Å². The summed E-state index contributed by atoms with van der Waals surface area (Å²) in [5.74, 6) is 0.532. The number of hydrogen-bond donors (Lipinski definition) is 1. The van der Waals surface area contributed by atoms with E-state index in [4.69, 9.17) is 5.73 Å². The molecule has 0 amide bonds. The summed E-state index contributed by atoms with van der Waals surface area (Å²) in [6, 6.07) is 6.21. The average molecular weight is 193 g/mol. The van der Waals surface area contributed by atoms with Gasteiger partial charge in [-0.25, -0.2) is 0 Å². The first-order valence-corrected chi connectivity index (χ1v) is 5.20. The molecule has 2 heteroatoms. The SMILES string of the molecule is C=CSc1ccc(C(C)C)cc1N. The summed E-state index contributed by atoms with van der Waals surface area (Å²) >= 11 is 1.56. The van der Waals surface area contributed by atoms with Crippen molar-refractivity contribution in [3.63, 3.8) is 0 Å². The Bertz CT molecular complexity index is 305. The van der Waals surface area contributed by atoms with Crippen LogP contribution in [0.4, 0.5) is 5.69 Å². The van der Waals surface area contributed by atoms with Gasteiger partial charge in [-0.2, -0.15) is 0 Å². The van der Waals surface area contributed by atoms with Gasteiger partial charge >= 0.3 is 0 Å². The average Bonchev–Trinajstić information content (AvgIpc) is 2.08. The summed E-state index contributed by atoms with van der Waals surface area (Å²) in [6.45, 7) is 7.99. The molecule has 0 aliphatic carbocycles. The van der Waals surface area contributed by atoms with Gasteiger partial charge in [0.2, 0.25) is 0 Å². The predicted octanol–water partition coefficient (Wildman–Crippen LogP) is 3.63. The van der Waals surface area contributed by atoms with Gasteiger partial charge in [0, 0.05) is 10.6 Å². The summed E-state index contributed by atoms with van der Waals surface area (Å²) < 4.78 is 0. The fourth-order valence-electron chi connectivity index (χ4n) is 1.12. The quantitative estimate of drug-likeness (QED) is 0.586. The number of anilines is 1. The molecule has 0 aliphatic heterocycles. The minimum atomic E-state index is 0.532. The third kappa shape index (κ3) is 2.52. The molecule has 13 heavy (non-hydrogen) atoms. The second kappa shape index (κ2) is 4.38. The lowest BCUT2D eigenvalue weighted by molar-refractivity contribution is 0.865. The van der Waals surface area contributed by atoms with E-state index in [1.165, 1.54) is 5.56 Å². The third-order valence-electron chi connectivity index (χ3n) is 1.91. The minimum absolute atomic E-state index is 0.532. The van der Waals surface area contributed by atoms with Crippen LogP contribution in [0.25, 0.3) is 0 Å². The molecule has 0 radical (unpaired) electrons. The smallest absolute Gasteiger partial charge is 0.0458 e. The lowest BCUT2D eigenvalue weighted by Crippen LogP contribution is -1.92. The van der Waals surface area contributed by atoms with E-state index in [9.17, 15) is 0 Å². The van der Waals surface area contributed by atoms with E-state index in [0.717, 1.165) is 10.6 Å². The maximum absolute atomic E-state index is 5.88. The first-order valence-electron chi connectivity index (χ1n) is 4.32. The van der Waals surface area contributed by atoms with E-state index < -0.39 is 0 Å². The van der Waals surface area contributed by atoms with Crippen LogP contribution in [0.1, 0.15) is 25.3 Å². The van der Waals surface area contributed by atoms with Crippen molar-refractivity contribution in [3.8, 4) is 0 Å². The summed E-state index contributed by atoms with van der Waals surface area (Å²) in [6.07, 6.45) is 0. The number of thioether (sulfide) groups is 1. The molecule has 0 bridgehead atoms. The number of hydrogen-bond acceptors (Lipinski definition) is 2. The monoisotopic (exact) mass is 193 g/mol. The first-order chi connectivity index (χ1) is 6.15. The Morgan fingerprint density at radius 3 is 2.62 bits per heavy atom. The Morgan fingerprint density at radius 2 is 2.15 bits per heavy atom. The highest BCUT2D eigenvalue weighted by atomic mass is 32.2. The first kappa shape index (κ1) is 10.2. The van der Waals surface area contributed by atoms with Gasteiger partial charge < -0.3 is 5.73 Å². The van der Waals surface area contributed by atoms with Gasteiger partial charge in [0.1, 0.15) is 0 Å². The highest BCUT2D eigenvalue weighted by Crippen LogP contribution is 2.28. The molecule has 0 heterocycles. The summed E-state index contributed by atoms with van der Waals surface area (Å²) in [7, 11) is 0. The van der Waals surface area contributed by atoms with Gasteiger partial charge in [-0.1, -0.05) is 38.3 Å². The van der Waals surface area contributed by atoms with Gasteiger partial charge in [-0.3, -0.25) is 0 Å². The number of rotatable bonds is 3. The molecule has 0 aromatic heterocycles. The summed E-state index contributed by atoms with van der Waals surface area (Å²) in [5.41, 5.74) is 8.00. The summed E-state index contributed by atoms with van der Waals surface area (Å²) in [4.78, 5) is 1.08. The Hall–Kier alpha value is -0.890. The largest absolute Gasteiger partial charge is 0.398 e. The third-order valence-corrected chi connectivity index (χ3v) is 2.70. The zero-order chi connectivity index (χ0) is 9.84.